The van der Waals surface area contributed by atoms with Crippen molar-refractivity contribution < 1.29 is 14.7 Å². The Kier molecular flexibility index (Phi) is 2.76. The molecule has 1 heterocycles. The number of urea groups is 1. The highest BCUT2D eigenvalue weighted by atomic mass is 16.4. The zero-order chi connectivity index (χ0) is 11.5. The number of nitrogens with zero attached hydrogens (tertiary/aromatic N) is 1. The average Bonchev–Trinajstić information content (AvgIpc) is 2.27. The van der Waals surface area contributed by atoms with E-state index in [4.69, 9.17) is 5.11 Å². The number of aliphatic carboxylic acids is 1. The van der Waals surface area contributed by atoms with Gasteiger partial charge in [0.25, 0.3) is 0 Å². The molecule has 1 aliphatic heterocycles. The van der Waals surface area contributed by atoms with Gasteiger partial charge in [0.1, 0.15) is 0 Å². The van der Waals surface area contributed by atoms with Gasteiger partial charge in [-0.2, -0.15) is 0 Å². The van der Waals surface area contributed by atoms with Crippen LogP contribution >= 0.6 is 0 Å². The smallest absolute Gasteiger partial charge is 0.322 e. The molecule has 1 aromatic carbocycles. The summed E-state index contributed by atoms with van der Waals surface area (Å²) in [5.74, 6) is -0.907. The van der Waals surface area contributed by atoms with E-state index in [1.807, 2.05) is 24.3 Å². The van der Waals surface area contributed by atoms with Gasteiger partial charge in [0, 0.05) is 13.1 Å². The quantitative estimate of drug-likeness (QED) is 0.803. The molecule has 2 amide bonds. The van der Waals surface area contributed by atoms with Crippen molar-refractivity contribution in [1.82, 2.24) is 5.32 Å². The normalized spacial score (nSPS) is 14.2. The van der Waals surface area contributed by atoms with Gasteiger partial charge in [-0.1, -0.05) is 18.2 Å². The Morgan fingerprint density at radius 3 is 2.94 bits per heavy atom. The Morgan fingerprint density at radius 1 is 1.44 bits per heavy atom. The lowest BCUT2D eigenvalue weighted by Gasteiger charge is -2.29. The molecule has 0 aromatic heterocycles. The van der Waals surface area contributed by atoms with E-state index in [1.54, 1.807) is 0 Å². The number of carboxylic acid groups (broad SMARTS) is 1. The number of carbonyl (C=O) groups is 2. The Hall–Kier alpha value is -2.04. The maximum Gasteiger partial charge on any atom is 0.322 e. The van der Waals surface area contributed by atoms with E-state index < -0.39 is 5.97 Å². The largest absolute Gasteiger partial charge is 0.481 e. The highest BCUT2D eigenvalue weighted by molar-refractivity contribution is 5.95. The summed E-state index contributed by atoms with van der Waals surface area (Å²) < 4.78 is 0. The average molecular weight is 220 g/mol. The Morgan fingerprint density at radius 2 is 2.19 bits per heavy atom. The third-order valence-electron chi connectivity index (χ3n) is 2.51. The van der Waals surface area contributed by atoms with Crippen LogP contribution in [-0.4, -0.2) is 23.7 Å². The van der Waals surface area contributed by atoms with E-state index in [2.05, 4.69) is 5.32 Å². The lowest BCUT2D eigenvalue weighted by atomic mass is 10.1. The number of carbonyl (C=O) groups excluding carboxylic acids is 1. The molecule has 0 aliphatic carbocycles. The number of nitrogens with one attached hydrogen (secondary N) is 1. The Bertz CT molecular complexity index is 431. The fourth-order valence-electron chi connectivity index (χ4n) is 1.73. The van der Waals surface area contributed by atoms with Gasteiger partial charge < -0.3 is 10.4 Å². The van der Waals surface area contributed by atoms with Crippen molar-refractivity contribution >= 4 is 17.7 Å². The number of hydrogen-bond donors (Lipinski definition) is 2. The summed E-state index contributed by atoms with van der Waals surface area (Å²) in [4.78, 5) is 23.6. The molecule has 16 heavy (non-hydrogen) atoms. The second kappa shape index (κ2) is 4.22. The summed E-state index contributed by atoms with van der Waals surface area (Å²) in [5.41, 5.74) is 1.81. The molecule has 0 spiro atoms. The molecule has 0 fully saturated rings. The van der Waals surface area contributed by atoms with E-state index in [-0.39, 0.29) is 19.0 Å². The van der Waals surface area contributed by atoms with Gasteiger partial charge in [0.15, 0.2) is 0 Å². The molecule has 0 saturated heterocycles. The minimum absolute atomic E-state index is 0.0538. The van der Waals surface area contributed by atoms with Crippen molar-refractivity contribution in [3.8, 4) is 0 Å². The predicted octanol–water partition coefficient (Wildman–Crippen LogP) is 1.19. The van der Waals surface area contributed by atoms with Crippen LogP contribution in [0.25, 0.3) is 0 Å². The number of para-hydroxylation sites is 1. The van der Waals surface area contributed by atoms with Crippen LogP contribution in [0, 0.1) is 0 Å². The highest BCUT2D eigenvalue weighted by Gasteiger charge is 2.23. The number of fused-ring (bicyclic) bond motifs is 1. The van der Waals surface area contributed by atoms with Gasteiger partial charge >= 0.3 is 12.0 Å². The predicted molar refractivity (Wildman–Crippen MR) is 58.3 cm³/mol. The van der Waals surface area contributed by atoms with Crippen LogP contribution in [-0.2, 0) is 11.3 Å². The molecule has 0 saturated carbocycles. The molecule has 0 bridgehead atoms. The van der Waals surface area contributed by atoms with Gasteiger partial charge in [-0.3, -0.25) is 9.69 Å². The number of hydrogen-bond acceptors (Lipinski definition) is 2. The van der Waals surface area contributed by atoms with Crippen molar-refractivity contribution in [2.75, 3.05) is 11.4 Å². The van der Waals surface area contributed by atoms with Crippen LogP contribution in [0.4, 0.5) is 10.5 Å². The molecule has 2 rings (SSSR count). The molecule has 1 aromatic rings. The Labute approximate surface area is 92.7 Å². The number of carboxylic acids is 1. The van der Waals surface area contributed by atoms with Crippen LogP contribution < -0.4 is 10.2 Å². The molecule has 0 unspecified atom stereocenters. The molecular formula is C11H12N2O3. The third kappa shape index (κ3) is 1.98. The summed E-state index contributed by atoms with van der Waals surface area (Å²) in [6.07, 6.45) is -0.0538. The van der Waals surface area contributed by atoms with Crippen LogP contribution in [0.2, 0.25) is 0 Å². The van der Waals surface area contributed by atoms with Gasteiger partial charge in [-0.05, 0) is 11.6 Å². The molecule has 5 nitrogen and oxygen atoms in total. The zero-order valence-electron chi connectivity index (χ0n) is 8.64. The standard InChI is InChI=1S/C11H12N2O3/c14-10(15)5-6-13-9-4-2-1-3-8(9)7-12-11(13)16/h1-4H,5-7H2,(H,12,16)(H,14,15). The fourth-order valence-corrected chi connectivity index (χ4v) is 1.73. The van der Waals surface area contributed by atoms with E-state index in [0.717, 1.165) is 11.3 Å². The third-order valence-corrected chi connectivity index (χ3v) is 2.51. The van der Waals surface area contributed by atoms with E-state index in [9.17, 15) is 9.59 Å². The van der Waals surface area contributed by atoms with Crippen LogP contribution in [0.3, 0.4) is 0 Å². The topological polar surface area (TPSA) is 69.6 Å². The van der Waals surface area contributed by atoms with Crippen molar-refractivity contribution in [1.29, 1.82) is 0 Å². The van der Waals surface area contributed by atoms with Crippen molar-refractivity contribution in [2.45, 2.75) is 13.0 Å². The summed E-state index contributed by atoms with van der Waals surface area (Å²) in [6, 6.07) is 7.25. The summed E-state index contributed by atoms with van der Waals surface area (Å²) in [6.45, 7) is 0.691. The molecular weight excluding hydrogens is 208 g/mol. The molecule has 5 heteroatoms. The number of amides is 2. The van der Waals surface area contributed by atoms with E-state index >= 15 is 0 Å². The molecule has 2 N–H and O–H groups in total. The zero-order valence-corrected chi connectivity index (χ0v) is 8.64. The number of rotatable bonds is 3. The number of benzene rings is 1. The van der Waals surface area contributed by atoms with Gasteiger partial charge in [0.05, 0.1) is 12.1 Å². The SMILES string of the molecule is O=C(O)CCN1C(=O)NCc2ccccc21. The molecule has 84 valence electrons. The molecule has 1 aliphatic rings. The first kappa shape index (κ1) is 10.5. The van der Waals surface area contributed by atoms with Crippen molar-refractivity contribution in [2.24, 2.45) is 0 Å². The first-order valence-corrected chi connectivity index (χ1v) is 5.03. The summed E-state index contributed by atoms with van der Waals surface area (Å²) in [5, 5.41) is 11.3. The first-order chi connectivity index (χ1) is 7.68. The lowest BCUT2D eigenvalue weighted by Crippen LogP contribution is -2.45. The van der Waals surface area contributed by atoms with Crippen molar-refractivity contribution in [3.63, 3.8) is 0 Å². The minimum atomic E-state index is -0.907. The fraction of sp³-hybridized carbons (Fsp3) is 0.273. The Balaban J connectivity index is 2.23. The minimum Gasteiger partial charge on any atom is -0.481 e. The van der Waals surface area contributed by atoms with Crippen LogP contribution in [0.5, 0.6) is 0 Å². The lowest BCUT2D eigenvalue weighted by molar-refractivity contribution is -0.136. The maximum atomic E-state index is 11.6. The van der Waals surface area contributed by atoms with Crippen LogP contribution in [0.15, 0.2) is 24.3 Å². The van der Waals surface area contributed by atoms with Crippen molar-refractivity contribution in [3.05, 3.63) is 29.8 Å². The summed E-state index contributed by atoms with van der Waals surface area (Å²) in [7, 11) is 0. The van der Waals surface area contributed by atoms with Gasteiger partial charge in [-0.15, -0.1) is 0 Å². The second-order valence-electron chi connectivity index (χ2n) is 3.58. The van der Waals surface area contributed by atoms with Gasteiger partial charge in [0.2, 0.25) is 0 Å². The van der Waals surface area contributed by atoms with E-state index in [0.29, 0.717) is 6.54 Å². The number of anilines is 1. The summed E-state index contributed by atoms with van der Waals surface area (Å²) >= 11 is 0. The first-order valence-electron chi connectivity index (χ1n) is 5.03. The van der Waals surface area contributed by atoms with E-state index in [1.165, 1.54) is 4.90 Å². The second-order valence-corrected chi connectivity index (χ2v) is 3.58. The monoisotopic (exact) mass is 220 g/mol. The molecule has 0 atom stereocenters. The highest BCUT2D eigenvalue weighted by Crippen LogP contribution is 2.23. The van der Waals surface area contributed by atoms with Crippen LogP contribution in [0.1, 0.15) is 12.0 Å². The molecule has 0 radical (unpaired) electrons. The van der Waals surface area contributed by atoms with Gasteiger partial charge in [-0.25, -0.2) is 4.79 Å². The maximum absolute atomic E-state index is 11.6.